The first kappa shape index (κ1) is 13.5. The Bertz CT molecular complexity index is 582. The Labute approximate surface area is 120 Å². The predicted octanol–water partition coefficient (Wildman–Crippen LogP) is 5.43. The van der Waals surface area contributed by atoms with Crippen LogP contribution in [-0.2, 0) is 0 Å². The van der Waals surface area contributed by atoms with Crippen LogP contribution in [-0.4, -0.2) is 6.61 Å². The highest BCUT2D eigenvalue weighted by atomic mass is 79.9. The van der Waals surface area contributed by atoms with Crippen LogP contribution in [0.2, 0.25) is 0 Å². The topological polar surface area (TPSA) is 34.0 Å². The van der Waals surface area contributed by atoms with E-state index in [1.807, 2.05) is 48.5 Å². The molecule has 0 saturated carbocycles. The van der Waals surface area contributed by atoms with E-state index in [4.69, 9.17) is 4.74 Å². The monoisotopic (exact) mass is 316 g/mol. The Balaban J connectivity index is 2.26. The molecule has 0 aromatic heterocycles. The molecule has 0 aliphatic rings. The zero-order valence-electron chi connectivity index (χ0n) is 10.3. The van der Waals surface area contributed by atoms with Gasteiger partial charge in [-0.2, -0.15) is 5.11 Å². The number of hydrogen-bond acceptors (Lipinski definition) is 3. The summed E-state index contributed by atoms with van der Waals surface area (Å²) in [5, 5.41) is 8.41. The van der Waals surface area contributed by atoms with Crippen molar-refractivity contribution in [3.63, 3.8) is 0 Å². The average molecular weight is 317 g/mol. The van der Waals surface area contributed by atoms with Crippen LogP contribution in [0.25, 0.3) is 0 Å². The molecule has 2 aromatic carbocycles. The zero-order valence-corrected chi connectivity index (χ0v) is 11.9. The quantitative estimate of drug-likeness (QED) is 0.535. The van der Waals surface area contributed by atoms with Gasteiger partial charge < -0.3 is 4.74 Å². The van der Waals surface area contributed by atoms with E-state index in [-0.39, 0.29) is 0 Å². The number of azo groups is 1. The minimum absolute atomic E-state index is 0.427. The van der Waals surface area contributed by atoms with E-state index in [0.29, 0.717) is 18.0 Å². The number of nitrogens with zero attached hydrogens (tertiary/aromatic N) is 2. The molecule has 4 heteroatoms. The molecule has 0 spiro atoms. The Kier molecular flexibility index (Phi) is 4.86. The van der Waals surface area contributed by atoms with Crippen molar-refractivity contribution in [1.82, 2.24) is 0 Å². The lowest BCUT2D eigenvalue weighted by atomic mass is 10.3. The first-order valence-corrected chi connectivity index (χ1v) is 6.59. The first-order chi connectivity index (χ1) is 9.31. The molecule has 0 radical (unpaired) electrons. The number of ether oxygens (including phenoxy) is 1. The van der Waals surface area contributed by atoms with E-state index in [2.05, 4.69) is 32.7 Å². The molecule has 0 fully saturated rings. The number of rotatable bonds is 5. The van der Waals surface area contributed by atoms with Crippen LogP contribution in [0.1, 0.15) is 0 Å². The molecule has 96 valence electrons. The fourth-order valence-electron chi connectivity index (χ4n) is 1.47. The lowest BCUT2D eigenvalue weighted by Gasteiger charge is -2.07. The predicted molar refractivity (Wildman–Crippen MR) is 80.5 cm³/mol. The third kappa shape index (κ3) is 3.76. The van der Waals surface area contributed by atoms with E-state index in [9.17, 15) is 0 Å². The summed E-state index contributed by atoms with van der Waals surface area (Å²) < 4.78 is 6.43. The van der Waals surface area contributed by atoms with E-state index in [1.54, 1.807) is 6.08 Å². The van der Waals surface area contributed by atoms with Crippen LogP contribution in [0.15, 0.2) is 75.9 Å². The fourth-order valence-corrected chi connectivity index (χ4v) is 1.94. The lowest BCUT2D eigenvalue weighted by Crippen LogP contribution is -1.93. The normalized spacial score (nSPS) is 10.6. The Morgan fingerprint density at radius 2 is 1.84 bits per heavy atom. The van der Waals surface area contributed by atoms with Crippen molar-refractivity contribution in [2.45, 2.75) is 0 Å². The van der Waals surface area contributed by atoms with Gasteiger partial charge in [0.15, 0.2) is 5.75 Å². The molecule has 0 unspecified atom stereocenters. The van der Waals surface area contributed by atoms with Crippen LogP contribution in [0, 0.1) is 0 Å². The molecule has 19 heavy (non-hydrogen) atoms. The van der Waals surface area contributed by atoms with Gasteiger partial charge in [-0.1, -0.05) is 36.9 Å². The van der Waals surface area contributed by atoms with E-state index < -0.39 is 0 Å². The van der Waals surface area contributed by atoms with Gasteiger partial charge in [0, 0.05) is 0 Å². The van der Waals surface area contributed by atoms with Gasteiger partial charge in [0.05, 0.1) is 10.2 Å². The summed E-state index contributed by atoms with van der Waals surface area (Å²) in [6.07, 6.45) is 1.69. The third-order valence-electron chi connectivity index (χ3n) is 2.32. The molecule has 0 N–H and O–H groups in total. The van der Waals surface area contributed by atoms with Crippen LogP contribution < -0.4 is 4.74 Å². The molecular formula is C15H13BrN2O. The molecule has 0 bridgehead atoms. The highest BCUT2D eigenvalue weighted by Crippen LogP contribution is 2.36. The molecule has 2 aromatic rings. The third-order valence-corrected chi connectivity index (χ3v) is 2.95. The fraction of sp³-hybridized carbons (Fsp3) is 0.0667. The standard InChI is InChI=1S/C15H13BrN2O/c1-2-11-19-15-13(16)9-6-10-14(15)18-17-12-7-4-3-5-8-12/h2-10H,1,11H2. The molecule has 0 aliphatic heterocycles. The van der Waals surface area contributed by atoms with Gasteiger partial charge in [0.25, 0.3) is 0 Å². The Morgan fingerprint density at radius 1 is 1.05 bits per heavy atom. The van der Waals surface area contributed by atoms with Crippen molar-refractivity contribution in [2.75, 3.05) is 6.61 Å². The van der Waals surface area contributed by atoms with Crippen molar-refractivity contribution in [3.8, 4) is 5.75 Å². The Morgan fingerprint density at radius 3 is 2.58 bits per heavy atom. The van der Waals surface area contributed by atoms with Gasteiger partial charge in [-0.15, -0.1) is 5.11 Å². The van der Waals surface area contributed by atoms with Gasteiger partial charge in [0.2, 0.25) is 0 Å². The van der Waals surface area contributed by atoms with Crippen LogP contribution >= 0.6 is 15.9 Å². The molecular weight excluding hydrogens is 304 g/mol. The summed E-state index contributed by atoms with van der Waals surface area (Å²) in [6, 6.07) is 15.2. The molecule has 3 nitrogen and oxygen atoms in total. The molecule has 0 atom stereocenters. The number of halogens is 1. The number of para-hydroxylation sites is 1. The van der Waals surface area contributed by atoms with E-state index in [0.717, 1.165) is 10.2 Å². The number of benzene rings is 2. The first-order valence-electron chi connectivity index (χ1n) is 5.80. The maximum Gasteiger partial charge on any atom is 0.161 e. The van der Waals surface area contributed by atoms with Crippen molar-refractivity contribution in [3.05, 3.63) is 65.7 Å². The van der Waals surface area contributed by atoms with Gasteiger partial charge in [-0.3, -0.25) is 0 Å². The summed E-state index contributed by atoms with van der Waals surface area (Å²) in [4.78, 5) is 0. The summed E-state index contributed by atoms with van der Waals surface area (Å²) >= 11 is 3.44. The van der Waals surface area contributed by atoms with Gasteiger partial charge in [-0.25, -0.2) is 0 Å². The molecule has 0 heterocycles. The second-order valence-corrected chi connectivity index (χ2v) is 4.58. The second kappa shape index (κ2) is 6.85. The zero-order chi connectivity index (χ0) is 13.5. The SMILES string of the molecule is C=CCOc1c(Br)cccc1N=Nc1ccccc1. The summed E-state index contributed by atoms with van der Waals surface area (Å²) in [5.41, 5.74) is 1.48. The maximum absolute atomic E-state index is 5.59. The van der Waals surface area contributed by atoms with Gasteiger partial charge >= 0.3 is 0 Å². The smallest absolute Gasteiger partial charge is 0.161 e. The van der Waals surface area contributed by atoms with Gasteiger partial charge in [0.1, 0.15) is 12.3 Å². The lowest BCUT2D eigenvalue weighted by molar-refractivity contribution is 0.362. The highest BCUT2D eigenvalue weighted by Gasteiger charge is 2.06. The summed E-state index contributed by atoms with van der Waals surface area (Å²) in [5.74, 6) is 0.669. The van der Waals surface area contributed by atoms with E-state index in [1.165, 1.54) is 0 Å². The van der Waals surface area contributed by atoms with Crippen LogP contribution in [0.4, 0.5) is 11.4 Å². The molecule has 0 aliphatic carbocycles. The largest absolute Gasteiger partial charge is 0.486 e. The molecule has 0 saturated heterocycles. The van der Waals surface area contributed by atoms with Crippen molar-refractivity contribution in [1.29, 1.82) is 0 Å². The molecule has 2 rings (SSSR count). The van der Waals surface area contributed by atoms with Crippen LogP contribution in [0.3, 0.4) is 0 Å². The van der Waals surface area contributed by atoms with Gasteiger partial charge in [-0.05, 0) is 40.2 Å². The highest BCUT2D eigenvalue weighted by molar-refractivity contribution is 9.10. The average Bonchev–Trinajstić information content (AvgIpc) is 2.45. The minimum atomic E-state index is 0.427. The van der Waals surface area contributed by atoms with E-state index >= 15 is 0 Å². The summed E-state index contributed by atoms with van der Waals surface area (Å²) in [7, 11) is 0. The number of hydrogen-bond donors (Lipinski definition) is 0. The molecule has 0 amide bonds. The second-order valence-electron chi connectivity index (χ2n) is 3.72. The van der Waals surface area contributed by atoms with Crippen molar-refractivity contribution < 1.29 is 4.74 Å². The maximum atomic E-state index is 5.59. The van der Waals surface area contributed by atoms with Crippen molar-refractivity contribution in [2.24, 2.45) is 10.2 Å². The minimum Gasteiger partial charge on any atom is -0.486 e. The van der Waals surface area contributed by atoms with Crippen molar-refractivity contribution >= 4 is 27.3 Å². The Hall–Kier alpha value is -1.94. The van der Waals surface area contributed by atoms with Crippen LogP contribution in [0.5, 0.6) is 5.75 Å². The summed E-state index contributed by atoms with van der Waals surface area (Å²) in [6.45, 7) is 4.06.